The summed E-state index contributed by atoms with van der Waals surface area (Å²) in [5, 5.41) is 3.86. The first kappa shape index (κ1) is 11.9. The maximum atomic E-state index is 12.7. The number of aryl methyl sites for hydroxylation is 1. The highest BCUT2D eigenvalue weighted by Crippen LogP contribution is 2.10. The topological polar surface area (TPSA) is 85.0 Å². The molecule has 94 valence electrons. The fourth-order valence-corrected chi connectivity index (χ4v) is 1.35. The van der Waals surface area contributed by atoms with Crippen LogP contribution < -0.4 is 16.6 Å². The molecule has 0 radical (unpaired) electrons. The van der Waals surface area contributed by atoms with E-state index in [1.54, 1.807) is 7.05 Å². The maximum absolute atomic E-state index is 12.7. The minimum absolute atomic E-state index is 0.270. The van der Waals surface area contributed by atoms with Crippen LogP contribution in [-0.4, -0.2) is 15.7 Å². The van der Waals surface area contributed by atoms with E-state index in [1.807, 2.05) is 0 Å². The van der Waals surface area contributed by atoms with Crippen LogP contribution >= 0.6 is 0 Å². The molecule has 4 N–H and O–H groups in total. The Morgan fingerprint density at radius 2 is 2.06 bits per heavy atom. The van der Waals surface area contributed by atoms with E-state index in [2.05, 4.69) is 16.0 Å². The Bertz CT molecular complexity index is 563. The van der Waals surface area contributed by atoms with Crippen molar-refractivity contribution in [1.82, 2.24) is 15.2 Å². The first-order valence-corrected chi connectivity index (χ1v) is 5.17. The van der Waals surface area contributed by atoms with E-state index >= 15 is 0 Å². The summed E-state index contributed by atoms with van der Waals surface area (Å²) in [6.45, 7) is 0. The van der Waals surface area contributed by atoms with Gasteiger partial charge in [0.25, 0.3) is 5.91 Å². The fraction of sp³-hybridized carbons (Fsp3) is 0.0909. The summed E-state index contributed by atoms with van der Waals surface area (Å²) >= 11 is 0. The van der Waals surface area contributed by atoms with Crippen LogP contribution in [0.25, 0.3) is 0 Å². The Hall–Kier alpha value is -2.57. The summed E-state index contributed by atoms with van der Waals surface area (Å²) < 4.78 is 14.1. The summed E-state index contributed by atoms with van der Waals surface area (Å²) in [4.78, 5) is 11.7. The number of hydrogen-bond acceptors (Lipinski definition) is 4. The van der Waals surface area contributed by atoms with Crippen LogP contribution in [0.2, 0.25) is 0 Å². The second-order valence-electron chi connectivity index (χ2n) is 3.65. The number of nitrogens with one attached hydrogen (secondary N) is 2. The number of anilines is 2. The second-order valence-corrected chi connectivity index (χ2v) is 3.65. The molecule has 0 unspecified atom stereocenters. The van der Waals surface area contributed by atoms with Crippen molar-refractivity contribution in [3.05, 3.63) is 41.8 Å². The number of benzene rings is 1. The van der Waals surface area contributed by atoms with Crippen LogP contribution in [0.15, 0.2) is 30.5 Å². The number of carbonyl (C=O) groups excluding carboxylic acids is 1. The van der Waals surface area contributed by atoms with Crippen LogP contribution in [0.1, 0.15) is 10.4 Å². The van der Waals surface area contributed by atoms with Gasteiger partial charge in [0.15, 0.2) is 0 Å². The molecule has 0 bridgehead atoms. The molecule has 0 saturated heterocycles. The molecule has 1 aromatic heterocycles. The minimum Gasteiger partial charge on any atom is -0.383 e. The van der Waals surface area contributed by atoms with E-state index in [1.165, 1.54) is 35.1 Å². The Morgan fingerprint density at radius 1 is 1.39 bits per heavy atom. The standard InChI is InChI=1S/C11H12FN5O/c1-17-10(13)9(6-14-17)11(18)16-15-8-4-2-7(12)3-5-8/h2-6,15H,13H2,1H3,(H,16,18). The average Bonchev–Trinajstić information content (AvgIpc) is 2.69. The van der Waals surface area contributed by atoms with E-state index in [-0.39, 0.29) is 17.2 Å². The van der Waals surface area contributed by atoms with Crippen molar-refractivity contribution < 1.29 is 9.18 Å². The van der Waals surface area contributed by atoms with Crippen LogP contribution in [0.5, 0.6) is 0 Å². The largest absolute Gasteiger partial charge is 0.383 e. The third-order valence-electron chi connectivity index (χ3n) is 2.39. The van der Waals surface area contributed by atoms with Crippen molar-refractivity contribution in [3.63, 3.8) is 0 Å². The number of nitrogen functional groups attached to an aromatic ring is 1. The number of amides is 1. The molecule has 1 heterocycles. The Kier molecular flexibility index (Phi) is 3.13. The van der Waals surface area contributed by atoms with Gasteiger partial charge in [-0.15, -0.1) is 0 Å². The Balaban J connectivity index is 2.00. The number of hydrazine groups is 1. The average molecular weight is 249 g/mol. The summed E-state index contributed by atoms with van der Waals surface area (Å²) in [6.07, 6.45) is 1.37. The molecule has 6 nitrogen and oxygen atoms in total. The zero-order chi connectivity index (χ0) is 13.1. The van der Waals surface area contributed by atoms with E-state index in [4.69, 9.17) is 5.73 Å². The molecule has 0 saturated carbocycles. The zero-order valence-electron chi connectivity index (χ0n) is 9.64. The minimum atomic E-state index is -0.412. The molecular weight excluding hydrogens is 237 g/mol. The molecule has 0 fully saturated rings. The van der Waals surface area contributed by atoms with Gasteiger partial charge in [0.05, 0.1) is 11.9 Å². The predicted molar refractivity (Wildman–Crippen MR) is 65.1 cm³/mol. The lowest BCUT2D eigenvalue weighted by Crippen LogP contribution is -2.29. The third kappa shape index (κ3) is 2.40. The highest BCUT2D eigenvalue weighted by molar-refractivity contribution is 5.98. The van der Waals surface area contributed by atoms with Gasteiger partial charge in [-0.1, -0.05) is 0 Å². The lowest BCUT2D eigenvalue weighted by atomic mass is 10.3. The molecule has 0 aliphatic carbocycles. The smallest absolute Gasteiger partial charge is 0.274 e. The number of carbonyl (C=O) groups is 1. The van der Waals surface area contributed by atoms with E-state index < -0.39 is 5.91 Å². The highest BCUT2D eigenvalue weighted by atomic mass is 19.1. The van der Waals surface area contributed by atoms with Crippen LogP contribution in [-0.2, 0) is 7.05 Å². The van der Waals surface area contributed by atoms with Gasteiger partial charge < -0.3 is 5.73 Å². The maximum Gasteiger partial charge on any atom is 0.274 e. The molecule has 7 heteroatoms. The second kappa shape index (κ2) is 4.74. The van der Waals surface area contributed by atoms with Gasteiger partial charge in [0.2, 0.25) is 0 Å². The summed E-state index contributed by atoms with van der Waals surface area (Å²) in [5.41, 5.74) is 11.6. The predicted octanol–water partition coefficient (Wildman–Crippen LogP) is 0.898. The summed E-state index contributed by atoms with van der Waals surface area (Å²) in [7, 11) is 1.64. The number of aromatic nitrogens is 2. The molecule has 1 amide bonds. The molecule has 0 atom stereocenters. The lowest BCUT2D eigenvalue weighted by Gasteiger charge is -2.07. The van der Waals surface area contributed by atoms with Crippen molar-refractivity contribution in [2.24, 2.45) is 7.05 Å². The van der Waals surface area contributed by atoms with Crippen molar-refractivity contribution in [1.29, 1.82) is 0 Å². The molecular formula is C11H12FN5O. The van der Waals surface area contributed by atoms with Gasteiger partial charge >= 0.3 is 0 Å². The molecule has 0 aliphatic rings. The fourth-order valence-electron chi connectivity index (χ4n) is 1.35. The third-order valence-corrected chi connectivity index (χ3v) is 2.39. The Morgan fingerprint density at radius 3 is 2.61 bits per heavy atom. The number of rotatable bonds is 3. The molecule has 18 heavy (non-hydrogen) atoms. The van der Waals surface area contributed by atoms with Gasteiger partial charge in [-0.2, -0.15) is 5.10 Å². The molecule has 2 aromatic rings. The number of nitrogens with two attached hydrogens (primary N) is 1. The zero-order valence-corrected chi connectivity index (χ0v) is 9.64. The van der Waals surface area contributed by atoms with Gasteiger partial charge in [-0.05, 0) is 24.3 Å². The Labute approximate surface area is 103 Å². The molecule has 0 spiro atoms. The summed E-state index contributed by atoms with van der Waals surface area (Å²) in [6, 6.07) is 5.57. The quantitative estimate of drug-likeness (QED) is 0.705. The first-order valence-electron chi connectivity index (χ1n) is 5.17. The van der Waals surface area contributed by atoms with Crippen LogP contribution in [0, 0.1) is 5.82 Å². The number of hydrogen-bond donors (Lipinski definition) is 3. The highest BCUT2D eigenvalue weighted by Gasteiger charge is 2.12. The van der Waals surface area contributed by atoms with Crippen LogP contribution in [0.3, 0.4) is 0 Å². The van der Waals surface area contributed by atoms with E-state index in [0.717, 1.165) is 0 Å². The number of halogens is 1. The normalized spacial score (nSPS) is 10.1. The molecule has 0 aliphatic heterocycles. The molecule has 2 rings (SSSR count). The van der Waals surface area contributed by atoms with Gasteiger partial charge in [0.1, 0.15) is 17.2 Å². The lowest BCUT2D eigenvalue weighted by molar-refractivity contribution is 0.0963. The van der Waals surface area contributed by atoms with Crippen molar-refractivity contribution in [3.8, 4) is 0 Å². The first-order chi connectivity index (χ1) is 8.58. The van der Waals surface area contributed by atoms with Crippen LogP contribution in [0.4, 0.5) is 15.9 Å². The molecule has 1 aromatic carbocycles. The van der Waals surface area contributed by atoms with Crippen molar-refractivity contribution in [2.75, 3.05) is 11.2 Å². The van der Waals surface area contributed by atoms with Gasteiger partial charge in [0, 0.05) is 7.05 Å². The van der Waals surface area contributed by atoms with Crippen molar-refractivity contribution >= 4 is 17.4 Å². The summed E-state index contributed by atoms with van der Waals surface area (Å²) in [5.74, 6) is -0.485. The SMILES string of the molecule is Cn1ncc(C(=O)NNc2ccc(F)cc2)c1N. The van der Waals surface area contributed by atoms with Gasteiger partial charge in [-0.25, -0.2) is 4.39 Å². The van der Waals surface area contributed by atoms with E-state index in [0.29, 0.717) is 5.69 Å². The number of nitrogens with zero attached hydrogens (tertiary/aromatic N) is 2. The van der Waals surface area contributed by atoms with Crippen molar-refractivity contribution in [2.45, 2.75) is 0 Å². The monoisotopic (exact) mass is 249 g/mol. The van der Waals surface area contributed by atoms with E-state index in [9.17, 15) is 9.18 Å². The van der Waals surface area contributed by atoms with Gasteiger partial charge in [-0.3, -0.25) is 20.3 Å².